The van der Waals surface area contributed by atoms with Gasteiger partial charge in [-0.1, -0.05) is 0 Å². The first-order valence-electron chi connectivity index (χ1n) is 8.25. The van der Waals surface area contributed by atoms with Gasteiger partial charge in [-0.05, 0) is 19.1 Å². The van der Waals surface area contributed by atoms with E-state index in [9.17, 15) is 8.42 Å². The molecule has 0 saturated heterocycles. The predicted molar refractivity (Wildman–Crippen MR) is 104 cm³/mol. The summed E-state index contributed by atoms with van der Waals surface area (Å²) < 4.78 is 37.8. The fourth-order valence-electron chi connectivity index (χ4n) is 2.29. The zero-order valence-electron chi connectivity index (χ0n) is 16.1. The Hall–Kier alpha value is -2.59. The minimum Gasteiger partial charge on any atom is -0.497 e. The quantitative estimate of drug-likeness (QED) is 0.611. The summed E-state index contributed by atoms with van der Waals surface area (Å²) >= 11 is 0. The summed E-state index contributed by atoms with van der Waals surface area (Å²) in [5, 5.41) is 3.02. The number of anilines is 2. The number of ether oxygens (including phenoxy) is 2. The molecule has 0 spiro atoms. The van der Waals surface area contributed by atoms with Gasteiger partial charge >= 0.3 is 0 Å². The van der Waals surface area contributed by atoms with E-state index in [-0.39, 0.29) is 17.2 Å². The SMILES string of the molecule is COc1ccc(S(=O)(=O)NCCNc2nc(C)cc(N(C)C)n2)c(OC)c1. The summed E-state index contributed by atoms with van der Waals surface area (Å²) in [4.78, 5) is 10.6. The molecule has 27 heavy (non-hydrogen) atoms. The van der Waals surface area contributed by atoms with Gasteiger partial charge in [-0.15, -0.1) is 0 Å². The number of nitrogens with one attached hydrogen (secondary N) is 2. The van der Waals surface area contributed by atoms with Gasteiger partial charge < -0.3 is 19.7 Å². The standard InChI is InChI=1S/C17H25N5O4S/c1-12-10-16(22(2)3)21-17(20-12)18-8-9-19-27(23,24)15-7-6-13(25-4)11-14(15)26-5/h6-7,10-11,19H,8-9H2,1-5H3,(H,18,20,21). The molecule has 0 bridgehead atoms. The Morgan fingerprint density at radius 1 is 1.07 bits per heavy atom. The Bertz CT molecular complexity index is 887. The Labute approximate surface area is 159 Å². The smallest absolute Gasteiger partial charge is 0.244 e. The minimum absolute atomic E-state index is 0.0486. The van der Waals surface area contributed by atoms with Crippen LogP contribution in [0.3, 0.4) is 0 Å². The van der Waals surface area contributed by atoms with Crippen molar-refractivity contribution in [3.63, 3.8) is 0 Å². The molecule has 1 heterocycles. The topological polar surface area (TPSA) is 106 Å². The number of aromatic nitrogens is 2. The molecule has 0 aliphatic rings. The lowest BCUT2D eigenvalue weighted by Crippen LogP contribution is -2.29. The maximum absolute atomic E-state index is 12.5. The highest BCUT2D eigenvalue weighted by Gasteiger charge is 2.19. The molecule has 0 aliphatic carbocycles. The van der Waals surface area contributed by atoms with Gasteiger partial charge in [0.15, 0.2) is 0 Å². The molecule has 0 unspecified atom stereocenters. The number of hydrogen-bond donors (Lipinski definition) is 2. The lowest BCUT2D eigenvalue weighted by atomic mass is 10.3. The summed E-state index contributed by atoms with van der Waals surface area (Å²) in [7, 11) is 2.96. The van der Waals surface area contributed by atoms with Crippen molar-refractivity contribution in [1.82, 2.24) is 14.7 Å². The highest BCUT2D eigenvalue weighted by atomic mass is 32.2. The van der Waals surface area contributed by atoms with Gasteiger partial charge in [-0.2, -0.15) is 4.98 Å². The van der Waals surface area contributed by atoms with Crippen molar-refractivity contribution in [3.8, 4) is 11.5 Å². The number of aryl methyl sites for hydroxylation is 1. The van der Waals surface area contributed by atoms with Gasteiger partial charge in [-0.3, -0.25) is 0 Å². The van der Waals surface area contributed by atoms with Crippen molar-refractivity contribution in [2.45, 2.75) is 11.8 Å². The van der Waals surface area contributed by atoms with Crippen molar-refractivity contribution >= 4 is 21.8 Å². The summed E-state index contributed by atoms with van der Waals surface area (Å²) in [6, 6.07) is 6.40. The second-order valence-corrected chi connectivity index (χ2v) is 7.66. The Kier molecular flexibility index (Phi) is 6.81. The molecule has 2 N–H and O–H groups in total. The van der Waals surface area contributed by atoms with Crippen molar-refractivity contribution in [2.24, 2.45) is 0 Å². The number of methoxy groups -OCH3 is 2. The third-order valence-corrected chi connectivity index (χ3v) is 5.16. The Morgan fingerprint density at radius 2 is 1.81 bits per heavy atom. The van der Waals surface area contributed by atoms with Crippen molar-refractivity contribution in [1.29, 1.82) is 0 Å². The van der Waals surface area contributed by atoms with E-state index in [2.05, 4.69) is 20.0 Å². The summed E-state index contributed by atoms with van der Waals surface area (Å²) in [5.74, 6) is 1.95. The van der Waals surface area contributed by atoms with E-state index >= 15 is 0 Å². The molecule has 1 aromatic carbocycles. The molecule has 148 valence electrons. The molecule has 10 heteroatoms. The van der Waals surface area contributed by atoms with Crippen LogP contribution in [0.25, 0.3) is 0 Å². The Morgan fingerprint density at radius 3 is 2.44 bits per heavy atom. The lowest BCUT2D eigenvalue weighted by Gasteiger charge is -2.14. The van der Waals surface area contributed by atoms with Crippen LogP contribution in [-0.2, 0) is 10.0 Å². The van der Waals surface area contributed by atoms with Gasteiger partial charge in [-0.25, -0.2) is 18.1 Å². The lowest BCUT2D eigenvalue weighted by molar-refractivity contribution is 0.386. The Balaban J connectivity index is 2.01. The van der Waals surface area contributed by atoms with Crippen LogP contribution in [0.4, 0.5) is 11.8 Å². The van der Waals surface area contributed by atoms with E-state index in [0.717, 1.165) is 11.5 Å². The van der Waals surface area contributed by atoms with E-state index in [1.807, 2.05) is 32.0 Å². The van der Waals surface area contributed by atoms with Crippen LogP contribution in [-0.4, -0.2) is 59.8 Å². The van der Waals surface area contributed by atoms with Gasteiger partial charge in [0.1, 0.15) is 22.2 Å². The van der Waals surface area contributed by atoms with Crippen molar-refractivity contribution in [2.75, 3.05) is 51.6 Å². The third kappa shape index (κ3) is 5.44. The summed E-state index contributed by atoms with van der Waals surface area (Å²) in [6.45, 7) is 2.36. The number of nitrogens with zero attached hydrogens (tertiary/aromatic N) is 3. The van der Waals surface area contributed by atoms with E-state index in [4.69, 9.17) is 9.47 Å². The monoisotopic (exact) mass is 395 g/mol. The molecular weight excluding hydrogens is 370 g/mol. The number of hydrogen-bond acceptors (Lipinski definition) is 8. The molecule has 9 nitrogen and oxygen atoms in total. The summed E-state index contributed by atoms with van der Waals surface area (Å²) in [6.07, 6.45) is 0. The summed E-state index contributed by atoms with van der Waals surface area (Å²) in [5.41, 5.74) is 0.819. The second-order valence-electron chi connectivity index (χ2n) is 5.93. The number of benzene rings is 1. The number of sulfonamides is 1. The van der Waals surface area contributed by atoms with Crippen LogP contribution >= 0.6 is 0 Å². The van der Waals surface area contributed by atoms with Crippen LogP contribution in [0.5, 0.6) is 11.5 Å². The zero-order valence-corrected chi connectivity index (χ0v) is 16.9. The molecule has 0 fully saturated rings. The van der Waals surface area contributed by atoms with Gasteiger partial charge in [0.05, 0.1) is 14.2 Å². The molecule has 0 atom stereocenters. The molecule has 0 saturated carbocycles. The number of rotatable bonds is 9. The fourth-order valence-corrected chi connectivity index (χ4v) is 3.48. The average Bonchev–Trinajstić information content (AvgIpc) is 2.64. The van der Waals surface area contributed by atoms with E-state index in [1.165, 1.54) is 26.4 Å². The maximum atomic E-state index is 12.5. The molecule has 2 aromatic rings. The molecule has 2 rings (SSSR count). The highest BCUT2D eigenvalue weighted by Crippen LogP contribution is 2.28. The van der Waals surface area contributed by atoms with Crippen molar-refractivity contribution < 1.29 is 17.9 Å². The van der Waals surface area contributed by atoms with Crippen LogP contribution in [0.2, 0.25) is 0 Å². The van der Waals surface area contributed by atoms with E-state index < -0.39 is 10.0 Å². The van der Waals surface area contributed by atoms with Gasteiger partial charge in [0, 0.05) is 45.0 Å². The normalized spacial score (nSPS) is 11.1. The average molecular weight is 395 g/mol. The second kappa shape index (κ2) is 8.87. The first kappa shape index (κ1) is 20.7. The predicted octanol–water partition coefficient (Wildman–Crippen LogP) is 1.26. The minimum atomic E-state index is -3.73. The maximum Gasteiger partial charge on any atom is 0.244 e. The largest absolute Gasteiger partial charge is 0.497 e. The molecule has 0 radical (unpaired) electrons. The first-order valence-corrected chi connectivity index (χ1v) is 9.73. The molecule has 1 aromatic heterocycles. The van der Waals surface area contributed by atoms with E-state index in [1.54, 1.807) is 6.07 Å². The van der Waals surface area contributed by atoms with Crippen LogP contribution in [0, 0.1) is 6.92 Å². The van der Waals surface area contributed by atoms with Crippen LogP contribution in [0.1, 0.15) is 5.69 Å². The van der Waals surface area contributed by atoms with Gasteiger partial charge in [0.25, 0.3) is 0 Å². The molecule has 0 amide bonds. The van der Waals surface area contributed by atoms with Gasteiger partial charge in [0.2, 0.25) is 16.0 Å². The van der Waals surface area contributed by atoms with Crippen LogP contribution in [0.15, 0.2) is 29.2 Å². The fraction of sp³-hybridized carbons (Fsp3) is 0.412. The van der Waals surface area contributed by atoms with Crippen LogP contribution < -0.4 is 24.4 Å². The third-order valence-electron chi connectivity index (χ3n) is 3.66. The molecule has 0 aliphatic heterocycles. The zero-order chi connectivity index (χ0) is 20.0. The first-order chi connectivity index (χ1) is 12.8. The molecular formula is C17H25N5O4S. The van der Waals surface area contributed by atoms with Crippen molar-refractivity contribution in [3.05, 3.63) is 30.0 Å². The van der Waals surface area contributed by atoms with E-state index in [0.29, 0.717) is 18.2 Å². The highest BCUT2D eigenvalue weighted by molar-refractivity contribution is 7.89.